The summed E-state index contributed by atoms with van der Waals surface area (Å²) >= 11 is 0. The molecular weight excluding hydrogens is 246 g/mol. The van der Waals surface area contributed by atoms with Gasteiger partial charge in [-0.25, -0.2) is 0 Å². The summed E-state index contributed by atoms with van der Waals surface area (Å²) in [5.41, 5.74) is 2.44. The molecule has 3 aromatic rings. The maximum atomic E-state index is 5.86. The predicted molar refractivity (Wildman–Crippen MR) is 83.1 cm³/mol. The number of nitrogens with zero attached hydrogens (tertiary/aromatic N) is 1. The molecule has 0 amide bonds. The molecule has 0 aliphatic carbocycles. The van der Waals surface area contributed by atoms with Crippen LogP contribution in [-0.2, 0) is 6.61 Å². The third-order valence-electron chi connectivity index (χ3n) is 3.50. The first kappa shape index (κ1) is 12.8. The lowest BCUT2D eigenvalue weighted by Crippen LogP contribution is -1.98. The van der Waals surface area contributed by atoms with Gasteiger partial charge in [0.05, 0.1) is 0 Å². The lowest BCUT2D eigenvalue weighted by molar-refractivity contribution is 0.306. The zero-order valence-corrected chi connectivity index (χ0v) is 11.9. The third kappa shape index (κ3) is 2.55. The molecule has 3 rings (SSSR count). The van der Waals surface area contributed by atoms with Crippen LogP contribution in [0.2, 0.25) is 0 Å². The van der Waals surface area contributed by atoms with Crippen LogP contribution in [0.1, 0.15) is 25.5 Å². The number of hydrogen-bond donors (Lipinski definition) is 0. The largest absolute Gasteiger partial charge is 0.489 e. The van der Waals surface area contributed by atoms with Crippen molar-refractivity contribution in [3.8, 4) is 5.75 Å². The van der Waals surface area contributed by atoms with Crippen molar-refractivity contribution in [2.24, 2.45) is 0 Å². The van der Waals surface area contributed by atoms with Gasteiger partial charge in [-0.3, -0.25) is 0 Å². The minimum atomic E-state index is 0.476. The molecule has 2 nitrogen and oxygen atoms in total. The van der Waals surface area contributed by atoms with Gasteiger partial charge in [-0.2, -0.15) is 0 Å². The number of aromatic nitrogens is 1. The number of hydrogen-bond acceptors (Lipinski definition) is 1. The topological polar surface area (TPSA) is 14.2 Å². The van der Waals surface area contributed by atoms with E-state index in [-0.39, 0.29) is 0 Å². The maximum Gasteiger partial charge on any atom is 0.120 e. The van der Waals surface area contributed by atoms with Crippen LogP contribution >= 0.6 is 0 Å². The lowest BCUT2D eigenvalue weighted by atomic mass is 10.2. The van der Waals surface area contributed by atoms with Crippen molar-refractivity contribution in [3.63, 3.8) is 0 Å². The average Bonchev–Trinajstić information content (AvgIpc) is 2.89. The Bertz CT molecular complexity index is 698. The highest BCUT2D eigenvalue weighted by molar-refractivity contribution is 5.81. The van der Waals surface area contributed by atoms with Gasteiger partial charge in [0, 0.05) is 23.1 Å². The van der Waals surface area contributed by atoms with Crippen LogP contribution in [0.3, 0.4) is 0 Å². The molecule has 2 aromatic carbocycles. The fourth-order valence-electron chi connectivity index (χ4n) is 2.42. The highest BCUT2D eigenvalue weighted by Gasteiger charge is 2.05. The molecule has 0 radical (unpaired) electrons. The van der Waals surface area contributed by atoms with Gasteiger partial charge in [0.15, 0.2) is 0 Å². The molecular formula is C18H19NO. The van der Waals surface area contributed by atoms with Gasteiger partial charge >= 0.3 is 0 Å². The van der Waals surface area contributed by atoms with Crippen molar-refractivity contribution in [1.82, 2.24) is 4.57 Å². The van der Waals surface area contributed by atoms with Gasteiger partial charge in [0.2, 0.25) is 0 Å². The monoisotopic (exact) mass is 265 g/mol. The SMILES string of the molecule is CC(C)n1ccc2cc(OCc3ccccc3)ccc21. The minimum absolute atomic E-state index is 0.476. The quantitative estimate of drug-likeness (QED) is 0.661. The standard InChI is InChI=1S/C18H19NO/c1-14(2)19-11-10-16-12-17(8-9-18(16)19)20-13-15-6-4-3-5-7-15/h3-12,14H,13H2,1-2H3. The zero-order chi connectivity index (χ0) is 13.9. The van der Waals surface area contributed by atoms with Crippen LogP contribution in [-0.4, -0.2) is 4.57 Å². The number of benzene rings is 2. The van der Waals surface area contributed by atoms with Crippen LogP contribution in [0.4, 0.5) is 0 Å². The first-order valence-electron chi connectivity index (χ1n) is 7.01. The van der Waals surface area contributed by atoms with Crippen molar-refractivity contribution >= 4 is 10.9 Å². The Morgan fingerprint density at radius 1 is 1.00 bits per heavy atom. The van der Waals surface area contributed by atoms with Crippen LogP contribution in [0.25, 0.3) is 10.9 Å². The van der Waals surface area contributed by atoms with E-state index in [1.807, 2.05) is 24.3 Å². The van der Waals surface area contributed by atoms with E-state index in [4.69, 9.17) is 4.74 Å². The molecule has 20 heavy (non-hydrogen) atoms. The molecule has 0 spiro atoms. The Morgan fingerprint density at radius 2 is 1.80 bits per heavy atom. The van der Waals surface area contributed by atoms with Crippen molar-refractivity contribution in [1.29, 1.82) is 0 Å². The molecule has 0 aliphatic heterocycles. The summed E-state index contributed by atoms with van der Waals surface area (Å²) in [5, 5.41) is 1.23. The normalized spacial score (nSPS) is 11.2. The Balaban J connectivity index is 1.80. The summed E-state index contributed by atoms with van der Waals surface area (Å²) < 4.78 is 8.13. The summed E-state index contributed by atoms with van der Waals surface area (Å²) in [6.45, 7) is 5.00. The van der Waals surface area contributed by atoms with Crippen molar-refractivity contribution in [2.75, 3.05) is 0 Å². The molecule has 0 saturated carbocycles. The molecule has 1 aromatic heterocycles. The number of fused-ring (bicyclic) bond motifs is 1. The Hall–Kier alpha value is -2.22. The highest BCUT2D eigenvalue weighted by atomic mass is 16.5. The highest BCUT2D eigenvalue weighted by Crippen LogP contribution is 2.25. The number of ether oxygens (including phenoxy) is 1. The van der Waals surface area contributed by atoms with Gasteiger partial charge in [-0.05, 0) is 43.7 Å². The minimum Gasteiger partial charge on any atom is -0.489 e. The van der Waals surface area contributed by atoms with E-state index >= 15 is 0 Å². The molecule has 0 fully saturated rings. The van der Waals surface area contributed by atoms with Crippen LogP contribution in [0.5, 0.6) is 5.75 Å². The van der Waals surface area contributed by atoms with E-state index in [0.29, 0.717) is 12.6 Å². The lowest BCUT2D eigenvalue weighted by Gasteiger charge is -2.10. The van der Waals surface area contributed by atoms with Crippen LogP contribution in [0, 0.1) is 0 Å². The average molecular weight is 265 g/mol. The second-order valence-corrected chi connectivity index (χ2v) is 5.31. The van der Waals surface area contributed by atoms with Gasteiger partial charge in [0.1, 0.15) is 12.4 Å². The fourth-order valence-corrected chi connectivity index (χ4v) is 2.42. The Kier molecular flexibility index (Phi) is 3.46. The van der Waals surface area contributed by atoms with E-state index in [2.05, 4.69) is 54.9 Å². The molecule has 0 atom stereocenters. The third-order valence-corrected chi connectivity index (χ3v) is 3.50. The van der Waals surface area contributed by atoms with E-state index in [0.717, 1.165) is 5.75 Å². The fraction of sp³-hybridized carbons (Fsp3) is 0.222. The second kappa shape index (κ2) is 5.41. The summed E-state index contributed by atoms with van der Waals surface area (Å²) in [5.74, 6) is 0.919. The molecule has 0 aliphatic rings. The predicted octanol–water partition coefficient (Wildman–Crippen LogP) is 4.80. The second-order valence-electron chi connectivity index (χ2n) is 5.31. The van der Waals surface area contributed by atoms with E-state index < -0.39 is 0 Å². The molecule has 0 unspecified atom stereocenters. The Morgan fingerprint density at radius 3 is 2.55 bits per heavy atom. The summed E-state index contributed by atoms with van der Waals surface area (Å²) in [4.78, 5) is 0. The Labute approximate surface area is 119 Å². The molecule has 0 bridgehead atoms. The van der Waals surface area contributed by atoms with Crippen LogP contribution in [0.15, 0.2) is 60.8 Å². The first-order valence-corrected chi connectivity index (χ1v) is 7.01. The molecule has 1 heterocycles. The molecule has 102 valence electrons. The van der Waals surface area contributed by atoms with Gasteiger partial charge < -0.3 is 9.30 Å². The van der Waals surface area contributed by atoms with Gasteiger partial charge in [0.25, 0.3) is 0 Å². The molecule has 2 heteroatoms. The maximum absolute atomic E-state index is 5.86. The smallest absolute Gasteiger partial charge is 0.120 e. The summed E-state index contributed by atoms with van der Waals surface area (Å²) in [7, 11) is 0. The summed E-state index contributed by atoms with van der Waals surface area (Å²) in [6, 6.07) is 19.1. The van der Waals surface area contributed by atoms with Gasteiger partial charge in [-0.15, -0.1) is 0 Å². The first-order chi connectivity index (χ1) is 9.74. The van der Waals surface area contributed by atoms with E-state index in [1.54, 1.807) is 0 Å². The van der Waals surface area contributed by atoms with Gasteiger partial charge in [-0.1, -0.05) is 30.3 Å². The van der Waals surface area contributed by atoms with E-state index in [9.17, 15) is 0 Å². The molecule has 0 N–H and O–H groups in total. The van der Waals surface area contributed by atoms with Crippen molar-refractivity contribution < 1.29 is 4.74 Å². The summed E-state index contributed by atoms with van der Waals surface area (Å²) in [6.07, 6.45) is 2.14. The van der Waals surface area contributed by atoms with E-state index in [1.165, 1.54) is 16.5 Å². The zero-order valence-electron chi connectivity index (χ0n) is 11.9. The van der Waals surface area contributed by atoms with Crippen molar-refractivity contribution in [3.05, 3.63) is 66.4 Å². The van der Waals surface area contributed by atoms with Crippen molar-refractivity contribution in [2.45, 2.75) is 26.5 Å². The number of rotatable bonds is 4. The molecule has 0 saturated heterocycles. The van der Waals surface area contributed by atoms with Crippen LogP contribution < -0.4 is 4.74 Å².